The molecule has 0 radical (unpaired) electrons. The average molecular weight is 571 g/mol. The molecule has 1 heterocycles. The molecule has 6 heteroatoms. The van der Waals surface area contributed by atoms with Crippen LogP contribution in [0.15, 0.2) is 115 Å². The topological polar surface area (TPSA) is 75.3 Å². The number of carbonyl (C=O) groups excluding carboxylic acids is 3. The van der Waals surface area contributed by atoms with Crippen LogP contribution in [0.1, 0.15) is 37.5 Å². The summed E-state index contributed by atoms with van der Waals surface area (Å²) in [6, 6.07) is 33.9. The zero-order valence-electron chi connectivity index (χ0n) is 23.4. The molecule has 5 aromatic rings. The summed E-state index contributed by atoms with van der Waals surface area (Å²) < 4.78 is 0. The van der Waals surface area contributed by atoms with Gasteiger partial charge in [-0.25, -0.2) is 0 Å². The van der Waals surface area contributed by atoms with Crippen molar-refractivity contribution in [2.45, 2.75) is 20.3 Å². The van der Waals surface area contributed by atoms with E-state index < -0.39 is 0 Å². The molecule has 5 rings (SSSR count). The van der Waals surface area contributed by atoms with Crippen LogP contribution in [-0.4, -0.2) is 17.6 Å². The first-order chi connectivity index (χ1) is 20.3. The highest BCUT2D eigenvalue weighted by atomic mass is 32.1. The van der Waals surface area contributed by atoms with Crippen LogP contribution in [0.2, 0.25) is 0 Å². The van der Waals surface area contributed by atoms with Crippen molar-refractivity contribution in [1.82, 2.24) is 0 Å². The average Bonchev–Trinajstić information content (AvgIpc) is 3.48. The minimum atomic E-state index is -0.324. The highest BCUT2D eigenvalue weighted by molar-refractivity contribution is 7.16. The van der Waals surface area contributed by atoms with E-state index in [0.29, 0.717) is 22.5 Å². The second-order valence-electron chi connectivity index (χ2n) is 10.1. The molecule has 5 nitrogen and oxygen atoms in total. The zero-order valence-corrected chi connectivity index (χ0v) is 24.2. The highest BCUT2D eigenvalue weighted by Gasteiger charge is 2.17. The van der Waals surface area contributed by atoms with Gasteiger partial charge >= 0.3 is 0 Å². The summed E-state index contributed by atoms with van der Waals surface area (Å²) >= 11 is 1.60. The van der Waals surface area contributed by atoms with Crippen molar-refractivity contribution in [3.63, 3.8) is 0 Å². The maximum absolute atomic E-state index is 13.5. The van der Waals surface area contributed by atoms with Crippen LogP contribution in [0.25, 0.3) is 16.5 Å². The van der Waals surface area contributed by atoms with Crippen molar-refractivity contribution >= 4 is 46.4 Å². The highest BCUT2D eigenvalue weighted by Crippen LogP contribution is 2.29. The smallest absolute Gasteiger partial charge is 0.248 e. The molecule has 2 N–H and O–H groups in total. The fourth-order valence-corrected chi connectivity index (χ4v) is 5.32. The Morgan fingerprint density at radius 2 is 1.43 bits per heavy atom. The van der Waals surface area contributed by atoms with E-state index in [9.17, 15) is 14.4 Å². The fourth-order valence-electron chi connectivity index (χ4n) is 4.41. The third-order valence-corrected chi connectivity index (χ3v) is 7.79. The molecule has 0 bridgehead atoms. The summed E-state index contributed by atoms with van der Waals surface area (Å²) in [4.78, 5) is 41.2. The van der Waals surface area contributed by atoms with Crippen LogP contribution >= 0.6 is 11.3 Å². The first kappa shape index (κ1) is 28.5. The number of amides is 2. The van der Waals surface area contributed by atoms with Gasteiger partial charge in [0.2, 0.25) is 11.8 Å². The molecular formula is C36H30N2O3S. The van der Waals surface area contributed by atoms with E-state index in [4.69, 9.17) is 0 Å². The van der Waals surface area contributed by atoms with E-state index in [0.717, 1.165) is 26.4 Å². The maximum Gasteiger partial charge on any atom is 0.248 e. The molecule has 0 saturated heterocycles. The minimum absolute atomic E-state index is 0.177. The van der Waals surface area contributed by atoms with E-state index in [1.54, 1.807) is 59.9 Å². The fraction of sp³-hybridized carbons (Fsp3) is 0.0833. The first-order valence-corrected chi connectivity index (χ1v) is 14.4. The van der Waals surface area contributed by atoms with Gasteiger partial charge in [0.15, 0.2) is 5.78 Å². The predicted molar refractivity (Wildman–Crippen MR) is 172 cm³/mol. The largest absolute Gasteiger partial charge is 0.325 e. The van der Waals surface area contributed by atoms with Crippen LogP contribution in [0.4, 0.5) is 11.4 Å². The lowest BCUT2D eigenvalue weighted by Gasteiger charge is -2.13. The number of anilines is 2. The van der Waals surface area contributed by atoms with Crippen LogP contribution in [0.3, 0.4) is 0 Å². The van der Waals surface area contributed by atoms with Crippen LogP contribution in [0.5, 0.6) is 0 Å². The van der Waals surface area contributed by atoms with Crippen LogP contribution in [-0.2, 0) is 16.0 Å². The Hall–Kier alpha value is -5.07. The SMILES string of the molecule is Cc1ccc(CC(=O)Nc2ccc(NC(=O)/C=C/c3ccc(-c4ccc(C)cc4)s3)cc2C(=O)c2ccccc2)cc1. The third kappa shape index (κ3) is 7.36. The Morgan fingerprint density at radius 3 is 2.14 bits per heavy atom. The summed E-state index contributed by atoms with van der Waals surface area (Å²) in [7, 11) is 0. The van der Waals surface area contributed by atoms with Crippen molar-refractivity contribution in [3.8, 4) is 10.4 Å². The van der Waals surface area contributed by atoms with E-state index in [-0.39, 0.29) is 24.0 Å². The number of hydrogen-bond acceptors (Lipinski definition) is 4. The number of nitrogens with one attached hydrogen (secondary N) is 2. The molecule has 0 unspecified atom stereocenters. The lowest BCUT2D eigenvalue weighted by Crippen LogP contribution is -2.18. The summed E-state index contributed by atoms with van der Waals surface area (Å²) in [5, 5.41) is 5.73. The van der Waals surface area contributed by atoms with Crippen molar-refractivity contribution in [2.75, 3.05) is 10.6 Å². The van der Waals surface area contributed by atoms with E-state index >= 15 is 0 Å². The van der Waals surface area contributed by atoms with Gasteiger partial charge in [-0.05, 0) is 61.4 Å². The van der Waals surface area contributed by atoms with Gasteiger partial charge in [-0.2, -0.15) is 0 Å². The van der Waals surface area contributed by atoms with E-state index in [1.165, 1.54) is 11.6 Å². The Balaban J connectivity index is 1.32. The third-order valence-electron chi connectivity index (χ3n) is 6.69. The van der Waals surface area contributed by atoms with Crippen molar-refractivity contribution in [2.24, 2.45) is 0 Å². The zero-order chi connectivity index (χ0) is 29.5. The minimum Gasteiger partial charge on any atom is -0.325 e. The Morgan fingerprint density at radius 1 is 0.738 bits per heavy atom. The molecule has 208 valence electrons. The van der Waals surface area contributed by atoms with Gasteiger partial charge in [-0.3, -0.25) is 14.4 Å². The summed E-state index contributed by atoms with van der Waals surface area (Å²) in [5.41, 5.74) is 5.95. The lowest BCUT2D eigenvalue weighted by atomic mass is 10.0. The lowest BCUT2D eigenvalue weighted by molar-refractivity contribution is -0.115. The maximum atomic E-state index is 13.5. The van der Waals surface area contributed by atoms with Crippen LogP contribution in [0, 0.1) is 13.8 Å². The first-order valence-electron chi connectivity index (χ1n) is 13.6. The van der Waals surface area contributed by atoms with Gasteiger partial charge in [0, 0.05) is 32.6 Å². The molecular weight excluding hydrogens is 540 g/mol. The molecule has 0 spiro atoms. The number of benzene rings is 4. The van der Waals surface area contributed by atoms with Gasteiger partial charge in [-0.15, -0.1) is 11.3 Å². The van der Waals surface area contributed by atoms with Crippen molar-refractivity contribution in [3.05, 3.63) is 148 Å². The number of ketones is 1. The molecule has 42 heavy (non-hydrogen) atoms. The molecule has 0 aliphatic rings. The van der Waals surface area contributed by atoms with Crippen molar-refractivity contribution in [1.29, 1.82) is 0 Å². The van der Waals surface area contributed by atoms with Gasteiger partial charge in [0.05, 0.1) is 12.1 Å². The number of aryl methyl sites for hydroxylation is 2. The predicted octanol–water partition coefficient (Wildman–Crippen LogP) is 8.10. The Bertz CT molecular complexity index is 1750. The molecule has 1 aromatic heterocycles. The van der Waals surface area contributed by atoms with Crippen LogP contribution < -0.4 is 10.6 Å². The number of carbonyl (C=O) groups is 3. The van der Waals surface area contributed by atoms with Gasteiger partial charge in [0.25, 0.3) is 0 Å². The second-order valence-corrected chi connectivity index (χ2v) is 11.2. The van der Waals surface area contributed by atoms with Crippen molar-refractivity contribution < 1.29 is 14.4 Å². The molecule has 0 atom stereocenters. The molecule has 0 aliphatic heterocycles. The van der Waals surface area contributed by atoms with Gasteiger partial charge in [-0.1, -0.05) is 90.0 Å². The second kappa shape index (κ2) is 13.1. The summed E-state index contributed by atoms with van der Waals surface area (Å²) in [6.45, 7) is 4.05. The monoisotopic (exact) mass is 570 g/mol. The quantitative estimate of drug-likeness (QED) is 0.139. The Labute approximate surface area is 249 Å². The molecule has 0 aliphatic carbocycles. The molecule has 0 fully saturated rings. The number of hydrogen-bond donors (Lipinski definition) is 2. The molecule has 0 saturated carbocycles. The summed E-state index contributed by atoms with van der Waals surface area (Å²) in [6.07, 6.45) is 3.42. The number of thiophene rings is 1. The van der Waals surface area contributed by atoms with Gasteiger partial charge in [0.1, 0.15) is 0 Å². The normalized spacial score (nSPS) is 10.9. The Kier molecular flexibility index (Phi) is 8.85. The number of rotatable bonds is 9. The molecule has 4 aromatic carbocycles. The van der Waals surface area contributed by atoms with E-state index in [1.807, 2.05) is 49.4 Å². The summed E-state index contributed by atoms with van der Waals surface area (Å²) in [5.74, 6) is -0.814. The van der Waals surface area contributed by atoms with Gasteiger partial charge < -0.3 is 10.6 Å². The van der Waals surface area contributed by atoms with E-state index in [2.05, 4.69) is 41.8 Å². The molecule has 2 amide bonds. The standard InChI is InChI=1S/C36H30N2O3S/c1-24-8-12-26(13-9-24)22-35(40)38-32-19-16-29(23-31(32)36(41)28-6-4-3-5-7-28)37-34(39)21-18-30-17-20-33(42-30)27-14-10-25(2)11-15-27/h3-21,23H,22H2,1-2H3,(H,37,39)(H,38,40)/b21-18+.